The maximum Gasteiger partial charge on any atom is 0.00133 e. The third kappa shape index (κ3) is 2.70. The van der Waals surface area contributed by atoms with E-state index in [1.54, 1.807) is 0 Å². The lowest BCUT2D eigenvalue weighted by Crippen LogP contribution is -2.21. The minimum atomic E-state index is 0.862. The summed E-state index contributed by atoms with van der Waals surface area (Å²) >= 11 is 0. The highest BCUT2D eigenvalue weighted by molar-refractivity contribution is 4.80. The minimum Gasteiger partial charge on any atom is -0.303 e. The molecule has 1 saturated heterocycles. The first-order chi connectivity index (χ1) is 4.79. The zero-order valence-corrected chi connectivity index (χ0v) is 7.14. The van der Waals surface area contributed by atoms with Gasteiger partial charge in [-0.25, -0.2) is 0 Å². The van der Waals surface area contributed by atoms with Crippen molar-refractivity contribution >= 4 is 0 Å². The van der Waals surface area contributed by atoms with Crippen molar-refractivity contribution in [1.29, 1.82) is 0 Å². The molecule has 1 rings (SSSR count). The van der Waals surface area contributed by atoms with Crippen molar-refractivity contribution in [3.8, 4) is 0 Å². The molecule has 59 valence electrons. The molecule has 0 aromatic rings. The lowest BCUT2D eigenvalue weighted by atomic mass is 10.1. The molecule has 1 radical (unpaired) electrons. The highest BCUT2D eigenvalue weighted by Crippen LogP contribution is 2.09. The van der Waals surface area contributed by atoms with Gasteiger partial charge in [0.2, 0.25) is 0 Å². The van der Waals surface area contributed by atoms with E-state index in [9.17, 15) is 0 Å². The van der Waals surface area contributed by atoms with Crippen molar-refractivity contribution in [2.45, 2.75) is 26.7 Å². The summed E-state index contributed by atoms with van der Waals surface area (Å²) in [6, 6.07) is 0. The quantitative estimate of drug-likeness (QED) is 0.579. The van der Waals surface area contributed by atoms with E-state index in [0.717, 1.165) is 5.92 Å². The van der Waals surface area contributed by atoms with Crippen LogP contribution in [0, 0.1) is 12.3 Å². The van der Waals surface area contributed by atoms with Gasteiger partial charge in [-0.2, -0.15) is 0 Å². The van der Waals surface area contributed by atoms with Crippen LogP contribution in [0.15, 0.2) is 0 Å². The topological polar surface area (TPSA) is 3.24 Å². The summed E-state index contributed by atoms with van der Waals surface area (Å²) in [4.78, 5) is 2.53. The van der Waals surface area contributed by atoms with Crippen molar-refractivity contribution in [3.05, 3.63) is 6.42 Å². The van der Waals surface area contributed by atoms with Crippen LogP contribution in [0.5, 0.6) is 0 Å². The number of likely N-dealkylation sites (tertiary alicyclic amines) is 1. The van der Waals surface area contributed by atoms with Crippen molar-refractivity contribution in [2.24, 2.45) is 5.92 Å². The second kappa shape index (κ2) is 3.97. The molecule has 0 aliphatic carbocycles. The van der Waals surface area contributed by atoms with Gasteiger partial charge in [0.05, 0.1) is 0 Å². The van der Waals surface area contributed by atoms with Gasteiger partial charge in [-0.1, -0.05) is 13.8 Å². The minimum absolute atomic E-state index is 0.862. The SMILES string of the molecule is CC(C)CCN1C[CH]CC1. The number of nitrogens with zero attached hydrogens (tertiary/aromatic N) is 1. The van der Waals surface area contributed by atoms with Crippen molar-refractivity contribution < 1.29 is 0 Å². The van der Waals surface area contributed by atoms with Gasteiger partial charge < -0.3 is 4.90 Å². The highest BCUT2D eigenvalue weighted by Gasteiger charge is 2.10. The molecule has 0 unspecified atom stereocenters. The Kier molecular flexibility index (Phi) is 3.20. The summed E-state index contributed by atoms with van der Waals surface area (Å²) < 4.78 is 0. The Bertz CT molecular complexity index is 82.7. The largest absolute Gasteiger partial charge is 0.303 e. The Labute approximate surface area is 64.4 Å². The van der Waals surface area contributed by atoms with Crippen LogP contribution < -0.4 is 0 Å². The molecule has 0 bridgehead atoms. The standard InChI is InChI=1S/C9H18N/c1-9(2)5-8-10-6-3-4-7-10/h3,9H,4-8H2,1-2H3. The molecule has 0 spiro atoms. The van der Waals surface area contributed by atoms with Crippen LogP contribution in [0.4, 0.5) is 0 Å². The summed E-state index contributed by atoms with van der Waals surface area (Å²) in [6.07, 6.45) is 5.03. The van der Waals surface area contributed by atoms with Crippen LogP contribution in [-0.4, -0.2) is 24.5 Å². The predicted octanol–water partition coefficient (Wildman–Crippen LogP) is 1.94. The van der Waals surface area contributed by atoms with Gasteiger partial charge in [-0.15, -0.1) is 0 Å². The molecule has 0 N–H and O–H groups in total. The molecule has 0 saturated carbocycles. The first-order valence-electron chi connectivity index (χ1n) is 4.33. The molecule has 1 heteroatoms. The summed E-state index contributed by atoms with van der Waals surface area (Å²) in [5.41, 5.74) is 0. The van der Waals surface area contributed by atoms with Gasteiger partial charge in [0, 0.05) is 6.54 Å². The van der Waals surface area contributed by atoms with Gasteiger partial charge in [0.25, 0.3) is 0 Å². The Hall–Kier alpha value is -0.0400. The highest BCUT2D eigenvalue weighted by atomic mass is 15.1. The Morgan fingerprint density at radius 3 is 2.80 bits per heavy atom. The molecule has 0 atom stereocenters. The average molecular weight is 140 g/mol. The maximum atomic E-state index is 2.53. The monoisotopic (exact) mass is 140 g/mol. The molecule has 0 amide bonds. The summed E-state index contributed by atoms with van der Waals surface area (Å²) in [5.74, 6) is 0.862. The molecular formula is C9H18N. The lowest BCUT2D eigenvalue weighted by Gasteiger charge is -2.15. The van der Waals surface area contributed by atoms with Gasteiger partial charge >= 0.3 is 0 Å². The second-order valence-electron chi connectivity index (χ2n) is 3.56. The van der Waals surface area contributed by atoms with E-state index < -0.39 is 0 Å². The summed E-state index contributed by atoms with van der Waals surface area (Å²) in [7, 11) is 0. The van der Waals surface area contributed by atoms with Gasteiger partial charge in [0.1, 0.15) is 0 Å². The summed E-state index contributed by atoms with van der Waals surface area (Å²) in [5, 5.41) is 0. The van der Waals surface area contributed by atoms with Crippen LogP contribution in [0.2, 0.25) is 0 Å². The average Bonchev–Trinajstić information content (AvgIpc) is 2.34. The number of hydrogen-bond acceptors (Lipinski definition) is 1. The molecular weight excluding hydrogens is 122 g/mol. The predicted molar refractivity (Wildman–Crippen MR) is 44.8 cm³/mol. The Morgan fingerprint density at radius 2 is 2.30 bits per heavy atom. The molecule has 0 aromatic heterocycles. The van der Waals surface area contributed by atoms with Gasteiger partial charge in [0.15, 0.2) is 0 Å². The van der Waals surface area contributed by atoms with E-state index >= 15 is 0 Å². The second-order valence-corrected chi connectivity index (χ2v) is 3.56. The summed E-state index contributed by atoms with van der Waals surface area (Å²) in [6.45, 7) is 8.41. The first kappa shape index (κ1) is 8.06. The fraction of sp³-hybridized carbons (Fsp3) is 0.889. The molecule has 1 aliphatic heterocycles. The maximum absolute atomic E-state index is 2.53. The zero-order valence-electron chi connectivity index (χ0n) is 7.14. The normalized spacial score (nSPS) is 20.7. The van der Waals surface area contributed by atoms with Crippen LogP contribution in [0.3, 0.4) is 0 Å². The molecule has 1 aliphatic rings. The lowest BCUT2D eigenvalue weighted by molar-refractivity contribution is 0.318. The molecule has 10 heavy (non-hydrogen) atoms. The van der Waals surface area contributed by atoms with Gasteiger partial charge in [-0.05, 0) is 38.3 Å². The van der Waals surface area contributed by atoms with Crippen LogP contribution in [0.25, 0.3) is 0 Å². The van der Waals surface area contributed by atoms with E-state index in [0.29, 0.717) is 0 Å². The first-order valence-corrected chi connectivity index (χ1v) is 4.33. The van der Waals surface area contributed by atoms with E-state index in [4.69, 9.17) is 0 Å². The third-order valence-corrected chi connectivity index (χ3v) is 2.06. The van der Waals surface area contributed by atoms with Crippen LogP contribution >= 0.6 is 0 Å². The van der Waals surface area contributed by atoms with Crippen LogP contribution in [0.1, 0.15) is 26.7 Å². The fourth-order valence-electron chi connectivity index (χ4n) is 1.28. The van der Waals surface area contributed by atoms with Crippen LogP contribution in [-0.2, 0) is 0 Å². The molecule has 0 aromatic carbocycles. The molecule has 1 fully saturated rings. The Morgan fingerprint density at radius 1 is 1.50 bits per heavy atom. The van der Waals surface area contributed by atoms with Gasteiger partial charge in [-0.3, -0.25) is 0 Å². The van der Waals surface area contributed by atoms with E-state index in [1.165, 1.54) is 32.5 Å². The molecule has 1 nitrogen and oxygen atoms in total. The smallest absolute Gasteiger partial charge is 0.00133 e. The van der Waals surface area contributed by atoms with Crippen molar-refractivity contribution in [3.63, 3.8) is 0 Å². The molecule has 1 heterocycles. The van der Waals surface area contributed by atoms with Crippen molar-refractivity contribution in [2.75, 3.05) is 19.6 Å². The fourth-order valence-corrected chi connectivity index (χ4v) is 1.28. The van der Waals surface area contributed by atoms with E-state index in [2.05, 4.69) is 25.2 Å². The number of hydrogen-bond donors (Lipinski definition) is 0. The number of rotatable bonds is 3. The Balaban J connectivity index is 2.01. The van der Waals surface area contributed by atoms with E-state index in [-0.39, 0.29) is 0 Å². The van der Waals surface area contributed by atoms with Crippen molar-refractivity contribution in [1.82, 2.24) is 4.90 Å². The zero-order chi connectivity index (χ0) is 7.40. The third-order valence-electron chi connectivity index (χ3n) is 2.06. The van der Waals surface area contributed by atoms with E-state index in [1.807, 2.05) is 0 Å².